The molecule has 0 spiro atoms. The molecule has 0 aromatic heterocycles. The van der Waals surface area contributed by atoms with Crippen LogP contribution in [0.5, 0.6) is 17.2 Å². The number of rotatable bonds is 5. The Hall–Kier alpha value is -2.89. The van der Waals surface area contributed by atoms with Gasteiger partial charge in [-0.25, -0.2) is 0 Å². The maximum atomic E-state index is 12.9. The van der Waals surface area contributed by atoms with Gasteiger partial charge in [-0.2, -0.15) is 0 Å². The van der Waals surface area contributed by atoms with Crippen LogP contribution in [0.1, 0.15) is 24.2 Å². The third-order valence-corrected chi connectivity index (χ3v) is 4.56. The molecule has 1 aliphatic heterocycles. The molecule has 3 rings (SSSR count). The number of phenolic OH excluding ortho intramolecular Hbond substituents is 1. The van der Waals surface area contributed by atoms with Gasteiger partial charge in [-0.15, -0.1) is 0 Å². The van der Waals surface area contributed by atoms with E-state index in [1.165, 1.54) is 0 Å². The van der Waals surface area contributed by atoms with Crippen molar-refractivity contribution in [1.29, 1.82) is 0 Å². The predicted octanol–water partition coefficient (Wildman–Crippen LogP) is 3.15. The van der Waals surface area contributed by atoms with Gasteiger partial charge in [-0.3, -0.25) is 4.79 Å². The molecular weight excluding hydrogens is 344 g/mol. The smallest absolute Gasteiger partial charge is 0.254 e. The van der Waals surface area contributed by atoms with Gasteiger partial charge >= 0.3 is 0 Å². The highest BCUT2D eigenvalue weighted by atomic mass is 16.5. The molecule has 0 bridgehead atoms. The maximum Gasteiger partial charge on any atom is 0.254 e. The van der Waals surface area contributed by atoms with Crippen molar-refractivity contribution >= 4 is 11.6 Å². The van der Waals surface area contributed by atoms with Crippen LogP contribution in [0.25, 0.3) is 0 Å². The number of carbonyl (C=O) groups is 1. The third-order valence-electron chi connectivity index (χ3n) is 4.56. The number of phenols is 1. The predicted molar refractivity (Wildman–Crippen MR) is 105 cm³/mol. The number of methoxy groups -OCH3 is 1. The minimum Gasteiger partial charge on any atom is -0.506 e. The highest BCUT2D eigenvalue weighted by Crippen LogP contribution is 2.30. The quantitative estimate of drug-likeness (QED) is 0.876. The zero-order valence-corrected chi connectivity index (χ0v) is 16.0. The number of carbonyl (C=O) groups excluding carboxylic acids is 1. The lowest BCUT2D eigenvalue weighted by atomic mass is 10.1. The van der Waals surface area contributed by atoms with Crippen LogP contribution in [0.15, 0.2) is 42.5 Å². The lowest BCUT2D eigenvalue weighted by Crippen LogP contribution is -2.48. The Morgan fingerprint density at radius 1 is 1.04 bits per heavy atom. The molecule has 2 aromatic rings. The van der Waals surface area contributed by atoms with Crippen molar-refractivity contribution in [3.05, 3.63) is 48.0 Å². The number of nitrogens with zero attached hydrogens (tertiary/aromatic N) is 2. The number of anilines is 1. The van der Waals surface area contributed by atoms with Gasteiger partial charge in [0, 0.05) is 31.7 Å². The van der Waals surface area contributed by atoms with Gasteiger partial charge in [-0.1, -0.05) is 12.1 Å². The van der Waals surface area contributed by atoms with Gasteiger partial charge < -0.3 is 24.4 Å². The van der Waals surface area contributed by atoms with Crippen molar-refractivity contribution in [2.24, 2.45) is 0 Å². The van der Waals surface area contributed by atoms with Crippen LogP contribution >= 0.6 is 0 Å². The van der Waals surface area contributed by atoms with E-state index in [1.54, 1.807) is 37.4 Å². The zero-order valence-electron chi connectivity index (χ0n) is 16.0. The number of benzene rings is 2. The fourth-order valence-corrected chi connectivity index (χ4v) is 3.22. The van der Waals surface area contributed by atoms with E-state index >= 15 is 0 Å². The van der Waals surface area contributed by atoms with Crippen LogP contribution < -0.4 is 14.4 Å². The first-order valence-corrected chi connectivity index (χ1v) is 9.16. The maximum absolute atomic E-state index is 12.9. The van der Waals surface area contributed by atoms with Crippen molar-refractivity contribution in [2.75, 3.05) is 38.2 Å². The van der Waals surface area contributed by atoms with E-state index < -0.39 is 0 Å². The molecule has 0 saturated carbocycles. The Bertz CT molecular complexity index is 799. The minimum atomic E-state index is -0.0265. The SMILES string of the molecule is COc1cc(C(=O)N2CCN(c3ccccc3O)CC2)ccc1OC(C)C. The molecule has 0 atom stereocenters. The molecule has 0 radical (unpaired) electrons. The lowest BCUT2D eigenvalue weighted by Gasteiger charge is -2.36. The second kappa shape index (κ2) is 8.20. The molecule has 1 amide bonds. The fraction of sp³-hybridized carbons (Fsp3) is 0.381. The van der Waals surface area contributed by atoms with E-state index in [1.807, 2.05) is 30.9 Å². The highest BCUT2D eigenvalue weighted by Gasteiger charge is 2.24. The van der Waals surface area contributed by atoms with Crippen molar-refractivity contribution in [3.8, 4) is 17.2 Å². The summed E-state index contributed by atoms with van der Waals surface area (Å²) in [6.45, 7) is 6.44. The van der Waals surface area contributed by atoms with E-state index in [0.717, 1.165) is 5.69 Å². The summed E-state index contributed by atoms with van der Waals surface area (Å²) in [7, 11) is 1.57. The van der Waals surface area contributed by atoms with Crippen molar-refractivity contribution in [2.45, 2.75) is 20.0 Å². The summed E-state index contributed by atoms with van der Waals surface area (Å²) >= 11 is 0. The van der Waals surface area contributed by atoms with E-state index in [4.69, 9.17) is 9.47 Å². The molecule has 6 heteroatoms. The Kier molecular flexibility index (Phi) is 5.74. The number of ether oxygens (including phenoxy) is 2. The molecule has 1 aliphatic rings. The largest absolute Gasteiger partial charge is 0.506 e. The second-order valence-electron chi connectivity index (χ2n) is 6.80. The van der Waals surface area contributed by atoms with E-state index in [0.29, 0.717) is 43.2 Å². The van der Waals surface area contributed by atoms with Crippen molar-refractivity contribution in [3.63, 3.8) is 0 Å². The number of piperazine rings is 1. The van der Waals surface area contributed by atoms with E-state index in [2.05, 4.69) is 4.90 Å². The number of hydrogen-bond acceptors (Lipinski definition) is 5. The number of para-hydroxylation sites is 2. The van der Waals surface area contributed by atoms with Crippen molar-refractivity contribution in [1.82, 2.24) is 4.90 Å². The second-order valence-corrected chi connectivity index (χ2v) is 6.80. The summed E-state index contributed by atoms with van der Waals surface area (Å²) < 4.78 is 11.1. The average molecular weight is 370 g/mol. The molecule has 6 nitrogen and oxygen atoms in total. The summed E-state index contributed by atoms with van der Waals surface area (Å²) in [5.41, 5.74) is 1.39. The van der Waals surface area contributed by atoms with Crippen LogP contribution in [0.2, 0.25) is 0 Å². The molecule has 1 saturated heterocycles. The molecule has 0 aliphatic carbocycles. The molecule has 0 unspecified atom stereocenters. The monoisotopic (exact) mass is 370 g/mol. The highest BCUT2D eigenvalue weighted by molar-refractivity contribution is 5.95. The number of aromatic hydroxyl groups is 1. The Morgan fingerprint density at radius 3 is 2.37 bits per heavy atom. The third kappa shape index (κ3) is 4.27. The standard InChI is InChI=1S/C21H26N2O4/c1-15(2)27-19-9-8-16(14-20(19)26-3)21(25)23-12-10-22(11-13-23)17-6-4-5-7-18(17)24/h4-9,14-15,24H,10-13H2,1-3H3. The van der Waals surface area contributed by atoms with Gasteiger partial charge in [-0.05, 0) is 44.2 Å². The van der Waals surface area contributed by atoms with Gasteiger partial charge in [0.1, 0.15) is 5.75 Å². The summed E-state index contributed by atoms with van der Waals surface area (Å²) in [5, 5.41) is 10.0. The first-order chi connectivity index (χ1) is 13.0. The molecule has 1 fully saturated rings. The average Bonchev–Trinajstić information content (AvgIpc) is 2.68. The molecule has 2 aromatic carbocycles. The summed E-state index contributed by atoms with van der Waals surface area (Å²) in [4.78, 5) is 16.8. The van der Waals surface area contributed by atoms with Crippen molar-refractivity contribution < 1.29 is 19.4 Å². The number of amides is 1. The summed E-state index contributed by atoms with van der Waals surface area (Å²) in [5.74, 6) is 1.43. The van der Waals surface area contributed by atoms with Crippen LogP contribution in [0.4, 0.5) is 5.69 Å². The summed E-state index contributed by atoms with van der Waals surface area (Å²) in [6.07, 6.45) is 0.0305. The molecule has 1 heterocycles. The first kappa shape index (κ1) is 18.9. The normalized spacial score (nSPS) is 14.4. The van der Waals surface area contributed by atoms with Gasteiger partial charge in [0.2, 0.25) is 0 Å². The lowest BCUT2D eigenvalue weighted by molar-refractivity contribution is 0.0746. The topological polar surface area (TPSA) is 62.2 Å². The Labute approximate surface area is 159 Å². The van der Waals surface area contributed by atoms with Crippen LogP contribution in [-0.4, -0.2) is 55.3 Å². The Morgan fingerprint density at radius 2 is 1.74 bits per heavy atom. The fourth-order valence-electron chi connectivity index (χ4n) is 3.22. The molecular formula is C21H26N2O4. The first-order valence-electron chi connectivity index (χ1n) is 9.16. The van der Waals surface area contributed by atoms with Crippen LogP contribution in [0.3, 0.4) is 0 Å². The van der Waals surface area contributed by atoms with Gasteiger partial charge in [0.25, 0.3) is 5.91 Å². The van der Waals surface area contributed by atoms with Crippen LogP contribution in [-0.2, 0) is 0 Å². The Balaban J connectivity index is 1.68. The summed E-state index contributed by atoms with van der Waals surface area (Å²) in [6, 6.07) is 12.6. The number of hydrogen-bond donors (Lipinski definition) is 1. The molecule has 27 heavy (non-hydrogen) atoms. The minimum absolute atomic E-state index is 0.0265. The zero-order chi connectivity index (χ0) is 19.4. The molecule has 144 valence electrons. The van der Waals surface area contributed by atoms with E-state index in [9.17, 15) is 9.90 Å². The van der Waals surface area contributed by atoms with E-state index in [-0.39, 0.29) is 17.8 Å². The van der Waals surface area contributed by atoms with Crippen LogP contribution in [0, 0.1) is 0 Å². The van der Waals surface area contributed by atoms with Gasteiger partial charge in [0.05, 0.1) is 18.9 Å². The van der Waals surface area contributed by atoms with Gasteiger partial charge in [0.15, 0.2) is 11.5 Å². The molecule has 1 N–H and O–H groups in total.